The minimum atomic E-state index is -4.74. The van der Waals surface area contributed by atoms with Crippen molar-refractivity contribution in [2.24, 2.45) is 0 Å². The summed E-state index contributed by atoms with van der Waals surface area (Å²) < 4.78 is 60.6. The number of rotatable bonds is 7. The topological polar surface area (TPSA) is 67.9 Å². The molecule has 1 fully saturated rings. The van der Waals surface area contributed by atoms with E-state index in [1.54, 1.807) is 30.9 Å². The molecule has 1 atom stereocenters. The number of alkyl halides is 3. The van der Waals surface area contributed by atoms with Gasteiger partial charge in [0, 0.05) is 31.4 Å². The van der Waals surface area contributed by atoms with Crippen LogP contribution in [0.2, 0.25) is 0 Å². The van der Waals surface area contributed by atoms with Crippen LogP contribution in [-0.2, 0) is 9.09 Å². The molecule has 0 bridgehead atoms. The first kappa shape index (κ1) is 24.3. The molecule has 0 aromatic heterocycles. The maximum Gasteiger partial charge on any atom is 0.573 e. The van der Waals surface area contributed by atoms with Crippen molar-refractivity contribution >= 4 is 13.4 Å². The fourth-order valence-electron chi connectivity index (χ4n) is 3.65. The van der Waals surface area contributed by atoms with E-state index in [1.807, 2.05) is 11.6 Å². The van der Waals surface area contributed by atoms with Gasteiger partial charge in [-0.2, -0.15) is 0 Å². The van der Waals surface area contributed by atoms with E-state index in [9.17, 15) is 22.5 Å². The average molecular weight is 470 g/mol. The summed E-state index contributed by atoms with van der Waals surface area (Å²) in [6.45, 7) is 4.96. The summed E-state index contributed by atoms with van der Waals surface area (Å²) in [4.78, 5) is 12.7. The lowest BCUT2D eigenvalue weighted by atomic mass is 10.0. The van der Waals surface area contributed by atoms with Gasteiger partial charge in [-0.3, -0.25) is 9.36 Å². The molecular formula is C22H26F3N2O4P. The Morgan fingerprint density at radius 2 is 1.78 bits per heavy atom. The van der Waals surface area contributed by atoms with E-state index < -0.39 is 13.9 Å². The lowest BCUT2D eigenvalue weighted by molar-refractivity contribution is -0.274. The molecule has 1 heterocycles. The Hall–Kier alpha value is -2.35. The molecule has 0 saturated carbocycles. The smallest absolute Gasteiger partial charge is 0.406 e. The molecule has 174 valence electrons. The van der Waals surface area contributed by atoms with Crippen molar-refractivity contribution < 1.29 is 31.8 Å². The van der Waals surface area contributed by atoms with Crippen LogP contribution in [-0.4, -0.2) is 49.3 Å². The number of hydrogen-bond donors (Lipinski definition) is 1. The summed E-state index contributed by atoms with van der Waals surface area (Å²) in [6, 6.07) is 12.3. The second kappa shape index (κ2) is 10.1. The minimum Gasteiger partial charge on any atom is -0.406 e. The maximum atomic E-state index is 12.7. The number of benzene rings is 2. The molecule has 6 nitrogen and oxygen atoms in total. The Labute approximate surface area is 185 Å². The molecule has 32 heavy (non-hydrogen) atoms. The average Bonchev–Trinajstić information content (AvgIpc) is 2.73. The second-order valence-electron chi connectivity index (χ2n) is 7.58. The molecule has 0 radical (unpaired) electrons. The molecule has 1 aliphatic heterocycles. The van der Waals surface area contributed by atoms with Crippen molar-refractivity contribution in [3.8, 4) is 16.9 Å². The molecule has 1 saturated heterocycles. The third-order valence-corrected chi connectivity index (χ3v) is 7.40. The van der Waals surface area contributed by atoms with Gasteiger partial charge in [-0.25, -0.2) is 4.67 Å². The van der Waals surface area contributed by atoms with Gasteiger partial charge in [0.2, 0.25) is 0 Å². The molecule has 2 aromatic carbocycles. The monoisotopic (exact) mass is 470 g/mol. The highest BCUT2D eigenvalue weighted by molar-refractivity contribution is 7.55. The largest absolute Gasteiger partial charge is 0.573 e. The standard InChI is InChI=1S/C22H26F3N2O4P/c1-3-30-32(2,29)27-13-11-19(12-14-27)26-21(28)18-6-4-5-17(15-18)16-7-9-20(10-8-16)31-22(23,24)25/h4-10,15,19H,3,11-14H2,1-2H3,(H,26,28). The number of carbonyl (C=O) groups excluding carboxylic acids is 1. The molecule has 1 aliphatic rings. The van der Waals surface area contributed by atoms with Crippen LogP contribution in [0, 0.1) is 0 Å². The number of piperidine rings is 1. The van der Waals surface area contributed by atoms with Gasteiger partial charge in [-0.15, -0.1) is 13.2 Å². The van der Waals surface area contributed by atoms with Crippen molar-refractivity contribution in [1.29, 1.82) is 0 Å². The zero-order chi connectivity index (χ0) is 23.4. The van der Waals surface area contributed by atoms with Crippen LogP contribution in [0.1, 0.15) is 30.1 Å². The van der Waals surface area contributed by atoms with E-state index in [4.69, 9.17) is 4.52 Å². The highest BCUT2D eigenvalue weighted by atomic mass is 31.2. The van der Waals surface area contributed by atoms with Gasteiger partial charge in [-0.1, -0.05) is 24.3 Å². The molecule has 1 amide bonds. The normalized spacial score (nSPS) is 17.5. The molecule has 1 unspecified atom stereocenters. The van der Waals surface area contributed by atoms with Crippen molar-refractivity contribution in [1.82, 2.24) is 9.99 Å². The van der Waals surface area contributed by atoms with E-state index in [-0.39, 0.29) is 17.7 Å². The first-order chi connectivity index (χ1) is 15.1. The fraction of sp³-hybridized carbons (Fsp3) is 0.409. The number of carbonyl (C=O) groups is 1. The van der Waals surface area contributed by atoms with E-state index in [2.05, 4.69) is 10.1 Å². The van der Waals surface area contributed by atoms with Crippen molar-refractivity contribution in [2.75, 3.05) is 26.4 Å². The van der Waals surface area contributed by atoms with Crippen molar-refractivity contribution in [3.05, 3.63) is 54.1 Å². The molecule has 0 spiro atoms. The number of halogens is 3. The number of ether oxygens (including phenoxy) is 1. The predicted molar refractivity (Wildman–Crippen MR) is 116 cm³/mol. The van der Waals surface area contributed by atoms with Crippen molar-refractivity contribution in [3.63, 3.8) is 0 Å². The van der Waals surface area contributed by atoms with Gasteiger partial charge in [0.1, 0.15) is 5.75 Å². The van der Waals surface area contributed by atoms with Gasteiger partial charge in [0.05, 0.1) is 6.61 Å². The minimum absolute atomic E-state index is 0.0390. The Kier molecular flexibility index (Phi) is 7.64. The van der Waals surface area contributed by atoms with Crippen LogP contribution in [0.3, 0.4) is 0 Å². The van der Waals surface area contributed by atoms with Crippen LogP contribution >= 0.6 is 7.52 Å². The molecule has 0 aliphatic carbocycles. The van der Waals surface area contributed by atoms with Crippen LogP contribution in [0.15, 0.2) is 48.5 Å². The van der Waals surface area contributed by atoms with Gasteiger partial charge in [0.25, 0.3) is 13.4 Å². The summed E-state index contributed by atoms with van der Waals surface area (Å²) in [5.41, 5.74) is 1.82. The summed E-state index contributed by atoms with van der Waals surface area (Å²) >= 11 is 0. The first-order valence-corrected chi connectivity index (χ1v) is 12.3. The number of nitrogens with one attached hydrogen (secondary N) is 1. The Bertz CT molecular complexity index is 974. The Morgan fingerprint density at radius 1 is 1.12 bits per heavy atom. The number of hydrogen-bond acceptors (Lipinski definition) is 4. The third-order valence-electron chi connectivity index (χ3n) is 5.23. The van der Waals surface area contributed by atoms with Crippen LogP contribution in [0.25, 0.3) is 11.1 Å². The van der Waals surface area contributed by atoms with Crippen molar-refractivity contribution in [2.45, 2.75) is 32.2 Å². The third kappa shape index (κ3) is 6.58. The summed E-state index contributed by atoms with van der Waals surface area (Å²) in [6.07, 6.45) is -3.42. The molecule has 10 heteroatoms. The quantitative estimate of drug-likeness (QED) is 0.556. The zero-order valence-electron chi connectivity index (χ0n) is 17.9. The number of nitrogens with zero attached hydrogens (tertiary/aromatic N) is 1. The van der Waals surface area contributed by atoms with Gasteiger partial charge < -0.3 is 14.6 Å². The van der Waals surface area contributed by atoms with Crippen LogP contribution in [0.5, 0.6) is 5.75 Å². The maximum absolute atomic E-state index is 12.7. The molecule has 2 aromatic rings. The van der Waals surface area contributed by atoms with Crippen LogP contribution in [0.4, 0.5) is 13.2 Å². The lowest BCUT2D eigenvalue weighted by Crippen LogP contribution is -2.43. The molecular weight excluding hydrogens is 444 g/mol. The predicted octanol–water partition coefficient (Wildman–Crippen LogP) is 5.31. The highest BCUT2D eigenvalue weighted by Gasteiger charge is 2.32. The van der Waals surface area contributed by atoms with E-state index in [0.29, 0.717) is 49.2 Å². The summed E-state index contributed by atoms with van der Waals surface area (Å²) in [7, 11) is -2.79. The van der Waals surface area contributed by atoms with Crippen LogP contribution < -0.4 is 10.1 Å². The summed E-state index contributed by atoms with van der Waals surface area (Å²) in [5.74, 6) is -0.533. The second-order valence-corrected chi connectivity index (χ2v) is 10.0. The van der Waals surface area contributed by atoms with Gasteiger partial charge >= 0.3 is 6.36 Å². The van der Waals surface area contributed by atoms with E-state index >= 15 is 0 Å². The van der Waals surface area contributed by atoms with Gasteiger partial charge in [-0.05, 0) is 55.2 Å². The fourth-order valence-corrected chi connectivity index (χ4v) is 5.25. The van der Waals surface area contributed by atoms with E-state index in [1.165, 1.54) is 24.3 Å². The van der Waals surface area contributed by atoms with E-state index in [0.717, 1.165) is 0 Å². The highest BCUT2D eigenvalue weighted by Crippen LogP contribution is 2.48. The molecule has 1 N–H and O–H groups in total. The lowest BCUT2D eigenvalue weighted by Gasteiger charge is -2.35. The summed E-state index contributed by atoms with van der Waals surface area (Å²) in [5, 5.41) is 3.01. The SMILES string of the molecule is CCOP(C)(=O)N1CCC(NC(=O)c2cccc(-c3ccc(OC(F)(F)F)cc3)c2)CC1. The van der Waals surface area contributed by atoms with Gasteiger partial charge in [0.15, 0.2) is 0 Å². The Balaban J connectivity index is 1.61. The Morgan fingerprint density at radius 3 is 2.38 bits per heavy atom. The zero-order valence-corrected chi connectivity index (χ0v) is 18.8. The first-order valence-electron chi connectivity index (χ1n) is 10.3. The number of amides is 1. The molecule has 3 rings (SSSR count).